The van der Waals surface area contributed by atoms with Crippen molar-refractivity contribution in [2.24, 2.45) is 0 Å². The Bertz CT molecular complexity index is 737. The number of aryl methyl sites for hydroxylation is 1. The lowest BCUT2D eigenvalue weighted by Crippen LogP contribution is -2.34. The minimum atomic E-state index is -0.511. The van der Waals surface area contributed by atoms with Gasteiger partial charge in [-0.05, 0) is 47.9 Å². The molecule has 0 saturated heterocycles. The summed E-state index contributed by atoms with van der Waals surface area (Å²) in [5, 5.41) is 4.89. The molecule has 0 fully saturated rings. The maximum absolute atomic E-state index is 12.0. The van der Waals surface area contributed by atoms with E-state index in [4.69, 9.17) is 4.74 Å². The number of carbonyl (C=O) groups excluding carboxylic acids is 2. The van der Waals surface area contributed by atoms with Gasteiger partial charge in [-0.3, -0.25) is 4.79 Å². The van der Waals surface area contributed by atoms with Gasteiger partial charge in [0.05, 0.1) is 6.04 Å². The summed E-state index contributed by atoms with van der Waals surface area (Å²) in [6.45, 7) is -0.258. The normalized spacial score (nSPS) is 16.6. The van der Waals surface area contributed by atoms with E-state index in [-0.39, 0.29) is 18.6 Å². The van der Waals surface area contributed by atoms with Crippen LogP contribution >= 0.6 is 11.3 Å². The Labute approximate surface area is 145 Å². The van der Waals surface area contributed by atoms with Gasteiger partial charge in [0, 0.05) is 11.0 Å². The van der Waals surface area contributed by atoms with Gasteiger partial charge in [0.15, 0.2) is 6.61 Å². The lowest BCUT2D eigenvalue weighted by molar-refractivity contribution is -0.144. The number of esters is 1. The van der Waals surface area contributed by atoms with Crippen molar-refractivity contribution < 1.29 is 14.3 Å². The molecule has 1 aliphatic rings. The molecule has 1 amide bonds. The van der Waals surface area contributed by atoms with Gasteiger partial charge < -0.3 is 10.1 Å². The van der Waals surface area contributed by atoms with E-state index in [1.165, 1.54) is 28.5 Å². The fourth-order valence-corrected chi connectivity index (χ4v) is 3.48. The number of thiophene rings is 1. The van der Waals surface area contributed by atoms with Crippen LogP contribution in [0.2, 0.25) is 0 Å². The molecule has 1 heterocycles. The zero-order valence-electron chi connectivity index (χ0n) is 13.2. The number of amides is 1. The third-order valence-electron chi connectivity index (χ3n) is 3.98. The van der Waals surface area contributed by atoms with Crippen LogP contribution in [0.4, 0.5) is 0 Å². The number of benzene rings is 1. The van der Waals surface area contributed by atoms with Gasteiger partial charge in [-0.2, -0.15) is 0 Å². The van der Waals surface area contributed by atoms with Crippen LogP contribution in [0.3, 0.4) is 0 Å². The summed E-state index contributed by atoms with van der Waals surface area (Å²) in [6.07, 6.45) is 6.03. The zero-order valence-corrected chi connectivity index (χ0v) is 14.1. The molecular formula is C19H19NO3S. The molecule has 0 aliphatic heterocycles. The highest BCUT2D eigenvalue weighted by atomic mass is 32.1. The summed E-state index contributed by atoms with van der Waals surface area (Å²) in [6, 6.07) is 12.0. The smallest absolute Gasteiger partial charge is 0.331 e. The number of carbonyl (C=O) groups is 2. The Morgan fingerprint density at radius 3 is 2.96 bits per heavy atom. The summed E-state index contributed by atoms with van der Waals surface area (Å²) in [5.74, 6) is -0.780. The highest BCUT2D eigenvalue weighted by Crippen LogP contribution is 2.29. The van der Waals surface area contributed by atoms with Crippen LogP contribution < -0.4 is 5.32 Å². The summed E-state index contributed by atoms with van der Waals surface area (Å²) < 4.78 is 5.00. The first-order valence-electron chi connectivity index (χ1n) is 7.98. The Kier molecular flexibility index (Phi) is 5.43. The fourth-order valence-electron chi connectivity index (χ4n) is 2.86. The average Bonchev–Trinajstić information content (AvgIpc) is 3.12. The van der Waals surface area contributed by atoms with Crippen LogP contribution in [0.1, 0.15) is 34.9 Å². The molecule has 0 spiro atoms. The first kappa shape index (κ1) is 16.5. The van der Waals surface area contributed by atoms with Crippen molar-refractivity contribution in [1.29, 1.82) is 0 Å². The summed E-state index contributed by atoms with van der Waals surface area (Å²) >= 11 is 1.53. The van der Waals surface area contributed by atoms with Crippen LogP contribution in [0, 0.1) is 0 Å². The van der Waals surface area contributed by atoms with Gasteiger partial charge in [-0.1, -0.05) is 30.3 Å². The van der Waals surface area contributed by atoms with E-state index in [1.807, 2.05) is 29.6 Å². The molecule has 0 bridgehead atoms. The van der Waals surface area contributed by atoms with Crippen molar-refractivity contribution in [3.8, 4) is 0 Å². The molecule has 1 unspecified atom stereocenters. The SMILES string of the molecule is O=C(COC(=O)/C=C/c1cccs1)NC1CCCc2ccccc21. The average molecular weight is 341 g/mol. The van der Waals surface area contributed by atoms with E-state index < -0.39 is 5.97 Å². The van der Waals surface area contributed by atoms with Crippen molar-refractivity contribution in [3.05, 3.63) is 63.9 Å². The van der Waals surface area contributed by atoms with Crippen LogP contribution in [0.5, 0.6) is 0 Å². The second kappa shape index (κ2) is 7.93. The number of hydrogen-bond donors (Lipinski definition) is 1. The summed E-state index contributed by atoms with van der Waals surface area (Å²) in [4.78, 5) is 24.7. The molecule has 4 nitrogen and oxygen atoms in total. The van der Waals surface area contributed by atoms with Gasteiger partial charge in [-0.15, -0.1) is 11.3 Å². The van der Waals surface area contributed by atoms with E-state index in [1.54, 1.807) is 6.08 Å². The summed E-state index contributed by atoms with van der Waals surface area (Å²) in [5.41, 5.74) is 2.45. The first-order valence-corrected chi connectivity index (χ1v) is 8.86. The zero-order chi connectivity index (χ0) is 16.8. The largest absolute Gasteiger partial charge is 0.452 e. The molecule has 1 aromatic carbocycles. The highest BCUT2D eigenvalue weighted by molar-refractivity contribution is 7.10. The lowest BCUT2D eigenvalue weighted by Gasteiger charge is -2.26. The molecule has 0 saturated carbocycles. The standard InChI is InChI=1S/C19H19NO3S/c21-18(13-23-19(22)11-10-15-7-4-12-24-15)20-17-9-3-6-14-5-1-2-8-16(14)17/h1-2,4-5,7-8,10-12,17H,3,6,9,13H2,(H,20,21)/b11-10+. The van der Waals surface area contributed by atoms with E-state index in [2.05, 4.69) is 17.4 Å². The Hall–Kier alpha value is -2.40. The molecule has 1 aliphatic carbocycles. The van der Waals surface area contributed by atoms with Crippen LogP contribution in [-0.4, -0.2) is 18.5 Å². The molecule has 1 atom stereocenters. The molecule has 2 aromatic rings. The van der Waals surface area contributed by atoms with Gasteiger partial charge in [0.25, 0.3) is 5.91 Å². The maximum Gasteiger partial charge on any atom is 0.331 e. The quantitative estimate of drug-likeness (QED) is 0.669. The minimum absolute atomic E-state index is 0.00260. The number of hydrogen-bond acceptors (Lipinski definition) is 4. The van der Waals surface area contributed by atoms with E-state index >= 15 is 0 Å². The van der Waals surface area contributed by atoms with Crippen LogP contribution in [0.25, 0.3) is 6.08 Å². The van der Waals surface area contributed by atoms with E-state index in [0.29, 0.717) is 0 Å². The van der Waals surface area contributed by atoms with Gasteiger partial charge in [0.2, 0.25) is 0 Å². The predicted octanol–water partition coefficient (Wildman–Crippen LogP) is 3.50. The molecule has 5 heteroatoms. The number of nitrogens with one attached hydrogen (secondary N) is 1. The molecule has 3 rings (SSSR count). The van der Waals surface area contributed by atoms with Crippen molar-refractivity contribution in [2.75, 3.05) is 6.61 Å². The topological polar surface area (TPSA) is 55.4 Å². The second-order valence-corrected chi connectivity index (χ2v) is 6.65. The first-order chi connectivity index (χ1) is 11.7. The van der Waals surface area contributed by atoms with Crippen molar-refractivity contribution >= 4 is 29.3 Å². The Morgan fingerprint density at radius 2 is 2.12 bits per heavy atom. The molecule has 0 radical (unpaired) electrons. The Balaban J connectivity index is 1.49. The number of ether oxygens (including phenoxy) is 1. The Morgan fingerprint density at radius 1 is 1.25 bits per heavy atom. The van der Waals surface area contributed by atoms with E-state index in [9.17, 15) is 9.59 Å². The van der Waals surface area contributed by atoms with Crippen LogP contribution in [0.15, 0.2) is 47.9 Å². The van der Waals surface area contributed by atoms with Crippen LogP contribution in [-0.2, 0) is 20.7 Å². The summed E-state index contributed by atoms with van der Waals surface area (Å²) in [7, 11) is 0. The van der Waals surface area contributed by atoms with Gasteiger partial charge in [-0.25, -0.2) is 4.79 Å². The van der Waals surface area contributed by atoms with Gasteiger partial charge in [0.1, 0.15) is 0 Å². The fraction of sp³-hybridized carbons (Fsp3) is 0.263. The molecule has 24 heavy (non-hydrogen) atoms. The predicted molar refractivity (Wildman–Crippen MR) is 94.6 cm³/mol. The number of rotatable bonds is 5. The minimum Gasteiger partial charge on any atom is -0.452 e. The van der Waals surface area contributed by atoms with Crippen molar-refractivity contribution in [3.63, 3.8) is 0 Å². The maximum atomic E-state index is 12.0. The number of fused-ring (bicyclic) bond motifs is 1. The lowest BCUT2D eigenvalue weighted by atomic mass is 9.88. The third-order valence-corrected chi connectivity index (χ3v) is 4.81. The molecular weight excluding hydrogens is 322 g/mol. The second-order valence-electron chi connectivity index (χ2n) is 5.67. The van der Waals surface area contributed by atoms with Crippen molar-refractivity contribution in [1.82, 2.24) is 5.32 Å². The van der Waals surface area contributed by atoms with Gasteiger partial charge >= 0.3 is 5.97 Å². The molecule has 1 aromatic heterocycles. The molecule has 124 valence electrons. The highest BCUT2D eigenvalue weighted by Gasteiger charge is 2.21. The molecule has 1 N–H and O–H groups in total. The van der Waals surface area contributed by atoms with Crippen molar-refractivity contribution in [2.45, 2.75) is 25.3 Å². The monoisotopic (exact) mass is 341 g/mol. The third kappa shape index (κ3) is 4.32. The van der Waals surface area contributed by atoms with E-state index in [0.717, 1.165) is 24.1 Å².